The molecule has 0 saturated carbocycles. The molecule has 3 unspecified atom stereocenters. The number of amides is 2. The lowest BCUT2D eigenvalue weighted by Gasteiger charge is -2.28. The number of carbonyl (C=O) groups excluding carboxylic acids is 2. The smallest absolute Gasteiger partial charge is 0.225 e. The van der Waals surface area contributed by atoms with Gasteiger partial charge < -0.3 is 15.0 Å². The van der Waals surface area contributed by atoms with Crippen LogP contribution in [0.2, 0.25) is 0 Å². The highest BCUT2D eigenvalue weighted by molar-refractivity contribution is 5.89. The van der Waals surface area contributed by atoms with E-state index < -0.39 is 0 Å². The van der Waals surface area contributed by atoms with Crippen molar-refractivity contribution in [1.29, 1.82) is 0 Å². The van der Waals surface area contributed by atoms with Gasteiger partial charge in [-0.05, 0) is 18.6 Å². The van der Waals surface area contributed by atoms with Gasteiger partial charge >= 0.3 is 0 Å². The molecule has 2 aliphatic heterocycles. The van der Waals surface area contributed by atoms with E-state index in [0.29, 0.717) is 13.2 Å². The van der Waals surface area contributed by atoms with E-state index >= 15 is 0 Å². The Morgan fingerprint density at radius 3 is 2.70 bits per heavy atom. The van der Waals surface area contributed by atoms with Crippen molar-refractivity contribution in [2.45, 2.75) is 31.8 Å². The minimum Gasteiger partial charge on any atom is -0.493 e. The van der Waals surface area contributed by atoms with Gasteiger partial charge in [0.2, 0.25) is 11.8 Å². The van der Waals surface area contributed by atoms with Crippen LogP contribution in [0.3, 0.4) is 0 Å². The minimum absolute atomic E-state index is 0.0275. The Bertz CT molecular complexity index is 836. The lowest BCUT2D eigenvalue weighted by atomic mass is 9.99. The van der Waals surface area contributed by atoms with Gasteiger partial charge in [0, 0.05) is 24.9 Å². The van der Waals surface area contributed by atoms with Gasteiger partial charge in [-0.15, -0.1) is 0 Å². The van der Waals surface area contributed by atoms with Crippen LogP contribution in [-0.2, 0) is 9.59 Å². The van der Waals surface area contributed by atoms with Gasteiger partial charge in [-0.2, -0.15) is 0 Å². The van der Waals surface area contributed by atoms with Crippen molar-refractivity contribution in [1.82, 2.24) is 10.2 Å². The van der Waals surface area contributed by atoms with Gasteiger partial charge in [0.15, 0.2) is 0 Å². The first-order chi connectivity index (χ1) is 13.1. The molecule has 0 spiro atoms. The quantitative estimate of drug-likeness (QED) is 0.906. The molecular weight excluding hydrogens is 340 g/mol. The number of hydrogen-bond donors (Lipinski definition) is 1. The summed E-state index contributed by atoms with van der Waals surface area (Å²) in [4.78, 5) is 27.2. The lowest BCUT2D eigenvalue weighted by molar-refractivity contribution is -0.130. The normalized spacial score (nSPS) is 22.7. The predicted molar refractivity (Wildman–Crippen MR) is 102 cm³/mol. The minimum atomic E-state index is -0.307. The molecule has 1 fully saturated rings. The number of nitrogens with zero attached hydrogens (tertiary/aromatic N) is 1. The fourth-order valence-electron chi connectivity index (χ4n) is 3.97. The zero-order valence-corrected chi connectivity index (χ0v) is 15.4. The molecular formula is C22H24N2O3. The summed E-state index contributed by atoms with van der Waals surface area (Å²) in [5.74, 6) is 0.515. The molecule has 2 aliphatic rings. The first kappa shape index (κ1) is 17.6. The highest BCUT2D eigenvalue weighted by Gasteiger charge is 2.38. The molecule has 2 aromatic rings. The third kappa shape index (κ3) is 3.54. The van der Waals surface area contributed by atoms with E-state index in [1.165, 1.54) is 0 Å². The van der Waals surface area contributed by atoms with E-state index in [2.05, 4.69) is 5.32 Å². The Balaban J connectivity index is 1.43. The molecule has 140 valence electrons. The number of carbonyl (C=O) groups is 2. The van der Waals surface area contributed by atoms with Crippen molar-refractivity contribution in [2.75, 3.05) is 13.2 Å². The van der Waals surface area contributed by atoms with Crippen LogP contribution in [0.15, 0.2) is 54.6 Å². The molecule has 2 amide bonds. The van der Waals surface area contributed by atoms with Crippen molar-refractivity contribution >= 4 is 11.8 Å². The first-order valence-corrected chi connectivity index (χ1v) is 9.50. The van der Waals surface area contributed by atoms with Gasteiger partial charge in [-0.25, -0.2) is 0 Å². The van der Waals surface area contributed by atoms with Crippen molar-refractivity contribution in [3.05, 3.63) is 65.7 Å². The Morgan fingerprint density at radius 1 is 1.15 bits per heavy atom. The van der Waals surface area contributed by atoms with Crippen LogP contribution < -0.4 is 10.1 Å². The monoisotopic (exact) mass is 364 g/mol. The van der Waals surface area contributed by atoms with Gasteiger partial charge in [0.05, 0.1) is 24.6 Å². The molecule has 4 rings (SSSR count). The number of rotatable bonds is 4. The third-order valence-corrected chi connectivity index (χ3v) is 5.55. The van der Waals surface area contributed by atoms with Gasteiger partial charge in [-0.1, -0.05) is 48.5 Å². The molecule has 1 N–H and O–H groups in total. The summed E-state index contributed by atoms with van der Waals surface area (Å²) in [5.41, 5.74) is 2.10. The zero-order chi connectivity index (χ0) is 18.8. The summed E-state index contributed by atoms with van der Waals surface area (Å²) in [6.45, 7) is 3.07. The molecule has 5 heteroatoms. The number of hydrogen-bond acceptors (Lipinski definition) is 3. The van der Waals surface area contributed by atoms with Crippen molar-refractivity contribution in [3.8, 4) is 5.75 Å². The average molecular weight is 364 g/mol. The van der Waals surface area contributed by atoms with Crippen LogP contribution in [0.5, 0.6) is 5.75 Å². The number of benzene rings is 2. The molecule has 27 heavy (non-hydrogen) atoms. The van der Waals surface area contributed by atoms with Crippen molar-refractivity contribution in [3.63, 3.8) is 0 Å². The number of para-hydroxylation sites is 1. The average Bonchev–Trinajstić information content (AvgIpc) is 3.10. The van der Waals surface area contributed by atoms with Gasteiger partial charge in [0.25, 0.3) is 0 Å². The van der Waals surface area contributed by atoms with Gasteiger partial charge in [0.1, 0.15) is 5.75 Å². The van der Waals surface area contributed by atoms with Crippen LogP contribution in [0.25, 0.3) is 0 Å². The predicted octanol–water partition coefficient (Wildman–Crippen LogP) is 3.24. The summed E-state index contributed by atoms with van der Waals surface area (Å²) in [6.07, 6.45) is 1.02. The van der Waals surface area contributed by atoms with E-state index in [9.17, 15) is 9.59 Å². The van der Waals surface area contributed by atoms with Crippen molar-refractivity contribution in [2.24, 2.45) is 5.92 Å². The maximum atomic E-state index is 12.8. The molecule has 0 radical (unpaired) electrons. The SMILES string of the molecule is CC(c1ccccc1)N1CC(C(=O)NC2CCOc3ccccc32)CC1=O. The molecule has 0 aliphatic carbocycles. The fraction of sp³-hybridized carbons (Fsp3) is 0.364. The summed E-state index contributed by atoms with van der Waals surface area (Å²) in [7, 11) is 0. The fourth-order valence-corrected chi connectivity index (χ4v) is 3.97. The van der Waals surface area contributed by atoms with Crippen LogP contribution in [0.1, 0.15) is 43.0 Å². The Kier molecular flexibility index (Phi) is 4.84. The van der Waals surface area contributed by atoms with E-state index in [0.717, 1.165) is 23.3 Å². The van der Waals surface area contributed by atoms with Crippen LogP contribution >= 0.6 is 0 Å². The Labute approximate surface area is 159 Å². The summed E-state index contributed by atoms with van der Waals surface area (Å²) in [6, 6.07) is 17.7. The molecule has 2 heterocycles. The molecule has 0 aromatic heterocycles. The summed E-state index contributed by atoms with van der Waals surface area (Å²) in [5, 5.41) is 3.14. The van der Waals surface area contributed by atoms with Gasteiger partial charge in [-0.3, -0.25) is 9.59 Å². The molecule has 0 bridgehead atoms. The van der Waals surface area contributed by atoms with Crippen molar-refractivity contribution < 1.29 is 14.3 Å². The number of fused-ring (bicyclic) bond motifs is 1. The standard InChI is InChI=1S/C22H24N2O3/c1-15(16-7-3-2-4-8-16)24-14-17(13-21(24)25)22(26)23-19-11-12-27-20-10-6-5-9-18(19)20/h2-10,15,17,19H,11-14H2,1H3,(H,23,26). The zero-order valence-electron chi connectivity index (χ0n) is 15.4. The summed E-state index contributed by atoms with van der Waals surface area (Å²) < 4.78 is 5.66. The van der Waals surface area contributed by atoms with E-state index in [1.54, 1.807) is 0 Å². The van der Waals surface area contributed by atoms with Crippen LogP contribution in [0, 0.1) is 5.92 Å². The Hall–Kier alpha value is -2.82. The van der Waals surface area contributed by atoms with E-state index in [-0.39, 0.29) is 36.2 Å². The maximum absolute atomic E-state index is 12.8. The number of nitrogens with one attached hydrogen (secondary N) is 1. The largest absolute Gasteiger partial charge is 0.493 e. The molecule has 5 nitrogen and oxygen atoms in total. The molecule has 1 saturated heterocycles. The molecule has 3 atom stereocenters. The second kappa shape index (κ2) is 7.43. The maximum Gasteiger partial charge on any atom is 0.225 e. The number of ether oxygens (including phenoxy) is 1. The second-order valence-corrected chi connectivity index (χ2v) is 7.27. The highest BCUT2D eigenvalue weighted by Crippen LogP contribution is 2.33. The Morgan fingerprint density at radius 2 is 1.89 bits per heavy atom. The first-order valence-electron chi connectivity index (χ1n) is 9.50. The summed E-state index contributed by atoms with van der Waals surface area (Å²) >= 11 is 0. The highest BCUT2D eigenvalue weighted by atomic mass is 16.5. The van der Waals surface area contributed by atoms with E-state index in [1.807, 2.05) is 66.4 Å². The number of likely N-dealkylation sites (tertiary alicyclic amines) is 1. The van der Waals surface area contributed by atoms with Crippen LogP contribution in [-0.4, -0.2) is 29.9 Å². The molecule has 2 aromatic carbocycles. The lowest BCUT2D eigenvalue weighted by Crippen LogP contribution is -2.37. The third-order valence-electron chi connectivity index (χ3n) is 5.55. The van der Waals surface area contributed by atoms with E-state index in [4.69, 9.17) is 4.74 Å². The second-order valence-electron chi connectivity index (χ2n) is 7.27. The van der Waals surface area contributed by atoms with Crippen LogP contribution in [0.4, 0.5) is 0 Å². The topological polar surface area (TPSA) is 58.6 Å².